The zero-order valence-corrected chi connectivity index (χ0v) is 41.4. The number of carbonyl (C=O) groups excluding carboxylic acids is 2. The zero-order valence-electron chi connectivity index (χ0n) is 39.3. The molecule has 7 nitrogen and oxygen atoms in total. The normalized spacial score (nSPS) is 10.0. The standard InChI is InChI=1S/C21H18FNO.C14H11ClO.C14H12O2.C7H8FN.CH3F.Cl2OS/c22-20-8-4-5-17(13-20)15-23-21(24)14-16-9-11-19(12-10-16)18-6-2-1-3-7-18;2*15-14(16)10-11-6-8-13(9-7-11)12-4-2-1-3-5-12;8-7-3-1-2-6(4-7)5-9;1-2;1-4(2)3/h1-13H,14-15H2,(H,23,24);1-9H,10H2;1-9H,10H2,(H,15,16);1-4H,5,9H2;1H3;/i;;;;1D;. The van der Waals surface area contributed by atoms with Gasteiger partial charge < -0.3 is 16.2 Å². The van der Waals surface area contributed by atoms with Gasteiger partial charge in [0.05, 0.1) is 21.4 Å². The fourth-order valence-electron chi connectivity index (χ4n) is 6.43. The molecule has 8 aromatic rings. The molecule has 0 bridgehead atoms. The van der Waals surface area contributed by atoms with Gasteiger partial charge in [-0.2, -0.15) is 0 Å². The minimum Gasteiger partial charge on any atom is -0.481 e. The van der Waals surface area contributed by atoms with Crippen LogP contribution in [0.4, 0.5) is 13.2 Å². The first-order valence-corrected chi connectivity index (χ1v) is 24.8. The third-order valence-electron chi connectivity index (χ3n) is 9.75. The van der Waals surface area contributed by atoms with Gasteiger partial charge in [-0.15, -0.1) is 0 Å². The van der Waals surface area contributed by atoms with Gasteiger partial charge in [0.25, 0.3) is 0 Å². The van der Waals surface area contributed by atoms with Crippen molar-refractivity contribution in [3.63, 3.8) is 0 Å². The van der Waals surface area contributed by atoms with Crippen LogP contribution in [0.15, 0.2) is 212 Å². The van der Waals surface area contributed by atoms with Gasteiger partial charge in [-0.1, -0.05) is 188 Å². The van der Waals surface area contributed by atoms with Crippen LogP contribution in [-0.4, -0.2) is 33.6 Å². The summed E-state index contributed by atoms with van der Waals surface area (Å²) in [6.45, 7) is 0.733. The highest BCUT2D eigenvalue weighted by atomic mass is 36.0. The quantitative estimate of drug-likeness (QED) is 0.105. The Bertz CT molecular complexity index is 2740. The number of benzene rings is 8. The molecule has 0 aliphatic carbocycles. The molecule has 8 rings (SSSR count). The number of carbonyl (C=O) groups is 3. The van der Waals surface area contributed by atoms with Crippen LogP contribution in [0.2, 0.25) is 0 Å². The average molecular weight is 1040 g/mol. The Balaban J connectivity index is 0.000000252. The van der Waals surface area contributed by atoms with Crippen molar-refractivity contribution in [2.24, 2.45) is 5.73 Å². The number of carboxylic acid groups (broad SMARTS) is 1. The van der Waals surface area contributed by atoms with Crippen molar-refractivity contribution < 1.29 is 38.2 Å². The van der Waals surface area contributed by atoms with Gasteiger partial charge in [0.2, 0.25) is 20.4 Å². The van der Waals surface area contributed by atoms with E-state index in [0.29, 0.717) is 19.5 Å². The number of nitrogens with one attached hydrogen (secondary N) is 1. The minimum absolute atomic E-state index is 0.0771. The molecule has 0 heterocycles. The first kappa shape index (κ1) is 56.7. The van der Waals surface area contributed by atoms with E-state index in [1.165, 1.54) is 29.8 Å². The van der Waals surface area contributed by atoms with E-state index in [-0.39, 0.29) is 35.6 Å². The molecule has 0 radical (unpaired) electrons. The van der Waals surface area contributed by atoms with E-state index in [1.807, 2.05) is 140 Å². The third kappa shape index (κ3) is 24.5. The molecule has 0 spiro atoms. The lowest BCUT2D eigenvalue weighted by Gasteiger charge is -2.07. The summed E-state index contributed by atoms with van der Waals surface area (Å²) in [5.74, 6) is -1.39. The number of amides is 1. The van der Waals surface area contributed by atoms with Crippen LogP contribution in [0.25, 0.3) is 33.4 Å². The number of aliphatic carboxylic acids is 1. The summed E-state index contributed by atoms with van der Waals surface area (Å²) in [6, 6.07) is 66.2. The van der Waals surface area contributed by atoms with Crippen molar-refractivity contribution in [3.8, 4) is 33.4 Å². The molecule has 4 N–H and O–H groups in total. The molecule has 0 aliphatic rings. The highest BCUT2D eigenvalue weighted by Gasteiger charge is 2.06. The number of hydrogen-bond acceptors (Lipinski definition) is 5. The van der Waals surface area contributed by atoms with Crippen molar-refractivity contribution in [1.82, 2.24) is 5.32 Å². The van der Waals surface area contributed by atoms with E-state index >= 15 is 0 Å². The molecule has 14 heteroatoms. The maximum absolute atomic E-state index is 13.1. The monoisotopic (exact) mass is 1040 g/mol. The summed E-state index contributed by atoms with van der Waals surface area (Å²) in [7, 11) is 6.36. The molecule has 1 amide bonds. The van der Waals surface area contributed by atoms with E-state index in [2.05, 4.69) is 50.9 Å². The molecular weight excluding hydrogens is 988 g/mol. The van der Waals surface area contributed by atoms with Gasteiger partial charge in [0.1, 0.15) is 11.6 Å². The fourth-order valence-corrected chi connectivity index (χ4v) is 6.59. The molecule has 368 valence electrons. The molecule has 0 aromatic heterocycles. The number of rotatable bonds is 12. The maximum Gasteiger partial charge on any atom is 0.307 e. The van der Waals surface area contributed by atoms with Crippen molar-refractivity contribution in [1.29, 1.82) is 0 Å². The summed E-state index contributed by atoms with van der Waals surface area (Å²) < 4.78 is 50.0. The fraction of sp³-hybridized carbons (Fsp3) is 0.105. The van der Waals surface area contributed by atoms with Crippen LogP contribution in [-0.2, 0) is 56.0 Å². The highest BCUT2D eigenvalue weighted by molar-refractivity contribution is 8.26. The van der Waals surface area contributed by atoms with Crippen LogP contribution in [0, 0.1) is 11.6 Å². The van der Waals surface area contributed by atoms with Gasteiger partial charge in [-0.25, -0.2) is 13.0 Å². The molecular formula is C57H52Cl3F3N2O5S. The highest BCUT2D eigenvalue weighted by Crippen LogP contribution is 2.22. The largest absolute Gasteiger partial charge is 0.481 e. The van der Waals surface area contributed by atoms with Crippen molar-refractivity contribution in [2.45, 2.75) is 32.4 Å². The molecule has 0 aliphatic heterocycles. The topological polar surface area (TPSA) is 127 Å². The smallest absolute Gasteiger partial charge is 0.307 e. The van der Waals surface area contributed by atoms with Crippen LogP contribution in [0.5, 0.6) is 0 Å². The first-order valence-electron chi connectivity index (χ1n) is 22.3. The number of nitrogens with two attached hydrogens (primary N) is 1. The van der Waals surface area contributed by atoms with Gasteiger partial charge >= 0.3 is 5.97 Å². The lowest BCUT2D eigenvalue weighted by molar-refractivity contribution is -0.136. The Hall–Kier alpha value is -6.86. The van der Waals surface area contributed by atoms with Gasteiger partial charge in [-0.05, 0) is 97.1 Å². The summed E-state index contributed by atoms with van der Waals surface area (Å²) >= 11 is 5.33. The summed E-state index contributed by atoms with van der Waals surface area (Å²) in [4.78, 5) is 33.3. The molecule has 0 unspecified atom stereocenters. The first-order chi connectivity index (χ1) is 34.7. The third-order valence-corrected chi connectivity index (χ3v) is 9.88. The number of carboxylic acids is 1. The van der Waals surface area contributed by atoms with E-state index in [4.69, 9.17) is 28.0 Å². The second-order valence-corrected chi connectivity index (χ2v) is 17.8. The van der Waals surface area contributed by atoms with E-state index < -0.39 is 22.3 Å². The summed E-state index contributed by atoms with van der Waals surface area (Å²) in [5, 5.41) is 11.1. The van der Waals surface area contributed by atoms with Crippen molar-refractivity contribution >= 4 is 59.3 Å². The molecule has 71 heavy (non-hydrogen) atoms. The van der Waals surface area contributed by atoms with Crippen LogP contribution in [0.3, 0.4) is 0 Å². The number of hydrogen-bond donors (Lipinski definition) is 3. The molecule has 0 saturated carbocycles. The predicted molar refractivity (Wildman–Crippen MR) is 285 cm³/mol. The van der Waals surface area contributed by atoms with Gasteiger partial charge in [0.15, 0.2) is 0 Å². The van der Waals surface area contributed by atoms with Crippen LogP contribution in [0.1, 0.15) is 29.2 Å². The van der Waals surface area contributed by atoms with Crippen molar-refractivity contribution in [3.05, 3.63) is 252 Å². The second-order valence-electron chi connectivity index (χ2n) is 14.9. The molecule has 0 fully saturated rings. The molecule has 0 atom stereocenters. The van der Waals surface area contributed by atoms with E-state index in [9.17, 15) is 27.6 Å². The Morgan fingerprint density at radius 1 is 0.521 bits per heavy atom. The van der Waals surface area contributed by atoms with E-state index in [1.54, 1.807) is 24.3 Å². The Morgan fingerprint density at radius 3 is 1.17 bits per heavy atom. The molecule has 8 aromatic carbocycles. The summed E-state index contributed by atoms with van der Waals surface area (Å²) in [5.41, 5.74) is 16.4. The SMILES string of the molecule is NCc1cccc(F)c1.O=C(Cc1ccc(-c2ccccc2)cc1)NCc1cccc(F)c1.O=C(Cl)Cc1ccc(-c2ccccc2)cc1.O=C(O)Cc1ccc(-c2ccccc2)cc1.O=S(Cl)Cl.[2H]CF. The Kier molecular flexibility index (Phi) is 26.9. The van der Waals surface area contributed by atoms with Gasteiger partial charge in [-0.3, -0.25) is 18.8 Å². The second kappa shape index (κ2) is 33.6. The Labute approximate surface area is 431 Å². The van der Waals surface area contributed by atoms with Crippen LogP contribution >= 0.6 is 33.0 Å². The molecule has 0 saturated heterocycles. The van der Waals surface area contributed by atoms with Crippen molar-refractivity contribution in [2.75, 3.05) is 7.15 Å². The number of halogens is 6. The lowest BCUT2D eigenvalue weighted by Crippen LogP contribution is -2.24. The lowest BCUT2D eigenvalue weighted by atomic mass is 10.0. The maximum atomic E-state index is 13.1. The predicted octanol–water partition coefficient (Wildman–Crippen LogP) is 13.9. The van der Waals surface area contributed by atoms with E-state index in [0.717, 1.165) is 55.6 Å². The van der Waals surface area contributed by atoms with Gasteiger partial charge in [0, 0.05) is 40.9 Å². The zero-order chi connectivity index (χ0) is 52.5. The number of alkyl halides is 1. The average Bonchev–Trinajstić information content (AvgIpc) is 3.38. The minimum atomic E-state index is -1.67. The Morgan fingerprint density at radius 2 is 0.845 bits per heavy atom. The summed E-state index contributed by atoms with van der Waals surface area (Å²) in [6.07, 6.45) is 0.677. The van der Waals surface area contributed by atoms with Crippen LogP contribution < -0.4 is 11.1 Å².